The van der Waals surface area contributed by atoms with Gasteiger partial charge in [0.25, 0.3) is 0 Å². The molecule has 0 amide bonds. The molecule has 3 nitrogen and oxygen atoms in total. The SMILES string of the molecule is C#CCNC(=NC)NCc1ccsc1.I. The van der Waals surface area contributed by atoms with Crippen LogP contribution >= 0.6 is 35.3 Å². The van der Waals surface area contributed by atoms with Gasteiger partial charge in [0.15, 0.2) is 5.96 Å². The summed E-state index contributed by atoms with van der Waals surface area (Å²) in [6.07, 6.45) is 5.13. The number of hydrogen-bond acceptors (Lipinski definition) is 2. The van der Waals surface area contributed by atoms with Crippen LogP contribution in [0.1, 0.15) is 5.56 Å². The van der Waals surface area contributed by atoms with Crippen molar-refractivity contribution in [2.45, 2.75) is 6.54 Å². The molecule has 0 aliphatic carbocycles. The number of halogens is 1. The lowest BCUT2D eigenvalue weighted by molar-refractivity contribution is 0.854. The molecule has 5 heteroatoms. The highest BCUT2D eigenvalue weighted by molar-refractivity contribution is 14.0. The summed E-state index contributed by atoms with van der Waals surface area (Å²) in [5.74, 6) is 3.23. The van der Waals surface area contributed by atoms with Gasteiger partial charge >= 0.3 is 0 Å². The van der Waals surface area contributed by atoms with Gasteiger partial charge in [-0.3, -0.25) is 4.99 Å². The van der Waals surface area contributed by atoms with Crippen molar-refractivity contribution in [3.05, 3.63) is 22.4 Å². The lowest BCUT2D eigenvalue weighted by Gasteiger charge is -2.08. The van der Waals surface area contributed by atoms with Crippen LogP contribution in [0.4, 0.5) is 0 Å². The second-order valence-corrected chi connectivity index (χ2v) is 3.40. The second-order valence-electron chi connectivity index (χ2n) is 2.62. The molecule has 2 N–H and O–H groups in total. The number of nitrogens with one attached hydrogen (secondary N) is 2. The van der Waals surface area contributed by atoms with Gasteiger partial charge in [0, 0.05) is 13.6 Å². The van der Waals surface area contributed by atoms with Crippen molar-refractivity contribution in [2.24, 2.45) is 4.99 Å². The zero-order valence-electron chi connectivity index (χ0n) is 8.49. The third-order valence-electron chi connectivity index (χ3n) is 1.62. The smallest absolute Gasteiger partial charge is 0.192 e. The van der Waals surface area contributed by atoms with Crippen molar-refractivity contribution >= 4 is 41.3 Å². The van der Waals surface area contributed by atoms with E-state index >= 15 is 0 Å². The summed E-state index contributed by atoms with van der Waals surface area (Å²) in [6.45, 7) is 1.26. The molecule has 0 fully saturated rings. The maximum Gasteiger partial charge on any atom is 0.192 e. The quantitative estimate of drug-likeness (QED) is 0.382. The van der Waals surface area contributed by atoms with Crippen LogP contribution in [0.15, 0.2) is 21.8 Å². The van der Waals surface area contributed by atoms with E-state index in [-0.39, 0.29) is 24.0 Å². The van der Waals surface area contributed by atoms with Gasteiger partial charge in [-0.05, 0) is 22.4 Å². The zero-order valence-corrected chi connectivity index (χ0v) is 11.6. The van der Waals surface area contributed by atoms with E-state index in [0.717, 1.165) is 12.5 Å². The van der Waals surface area contributed by atoms with Crippen LogP contribution < -0.4 is 10.6 Å². The van der Waals surface area contributed by atoms with Gasteiger partial charge in [0.2, 0.25) is 0 Å². The monoisotopic (exact) mass is 335 g/mol. The van der Waals surface area contributed by atoms with E-state index in [1.807, 2.05) is 0 Å². The van der Waals surface area contributed by atoms with E-state index in [1.165, 1.54) is 5.56 Å². The average Bonchev–Trinajstić information content (AvgIpc) is 2.71. The number of hydrogen-bond donors (Lipinski definition) is 2. The van der Waals surface area contributed by atoms with Crippen LogP contribution in [0.5, 0.6) is 0 Å². The average molecular weight is 335 g/mol. The Morgan fingerprint density at radius 2 is 2.40 bits per heavy atom. The third kappa shape index (κ3) is 5.64. The first-order valence-electron chi connectivity index (χ1n) is 4.26. The van der Waals surface area contributed by atoms with E-state index < -0.39 is 0 Å². The molecule has 0 saturated heterocycles. The zero-order chi connectivity index (χ0) is 10.2. The Labute approximate surface area is 111 Å². The summed E-state index contributed by atoms with van der Waals surface area (Å²) >= 11 is 1.68. The van der Waals surface area contributed by atoms with Gasteiger partial charge in [-0.25, -0.2) is 0 Å². The Morgan fingerprint density at radius 3 is 2.93 bits per heavy atom. The summed E-state index contributed by atoms with van der Waals surface area (Å²) in [4.78, 5) is 4.03. The predicted molar refractivity (Wildman–Crippen MR) is 76.8 cm³/mol. The van der Waals surface area contributed by atoms with Crippen molar-refractivity contribution in [1.82, 2.24) is 10.6 Å². The Kier molecular flexibility index (Phi) is 8.14. The van der Waals surface area contributed by atoms with Crippen LogP contribution in [0, 0.1) is 12.3 Å². The van der Waals surface area contributed by atoms with Gasteiger partial charge in [0.1, 0.15) is 0 Å². The summed E-state index contributed by atoms with van der Waals surface area (Å²) in [7, 11) is 1.72. The van der Waals surface area contributed by atoms with Crippen molar-refractivity contribution < 1.29 is 0 Å². The van der Waals surface area contributed by atoms with E-state index in [9.17, 15) is 0 Å². The van der Waals surface area contributed by atoms with E-state index in [0.29, 0.717) is 6.54 Å². The second kappa shape index (κ2) is 8.56. The van der Waals surface area contributed by atoms with E-state index in [2.05, 4.69) is 38.4 Å². The Balaban J connectivity index is 0.00000196. The molecule has 0 aromatic carbocycles. The lowest BCUT2D eigenvalue weighted by Crippen LogP contribution is -2.36. The minimum absolute atomic E-state index is 0. The molecule has 82 valence electrons. The molecule has 0 radical (unpaired) electrons. The first-order valence-corrected chi connectivity index (χ1v) is 5.20. The van der Waals surface area contributed by atoms with Gasteiger partial charge in [-0.1, -0.05) is 5.92 Å². The fourth-order valence-electron chi connectivity index (χ4n) is 0.934. The molecule has 0 aliphatic heterocycles. The van der Waals surface area contributed by atoms with Crippen LogP contribution in [-0.2, 0) is 6.54 Å². The molecule has 1 rings (SSSR count). The van der Waals surface area contributed by atoms with Gasteiger partial charge in [-0.2, -0.15) is 11.3 Å². The topological polar surface area (TPSA) is 36.4 Å². The van der Waals surface area contributed by atoms with Gasteiger partial charge in [-0.15, -0.1) is 30.4 Å². The maximum atomic E-state index is 5.13. The minimum atomic E-state index is 0. The molecule has 0 bridgehead atoms. The van der Waals surface area contributed by atoms with Crippen LogP contribution in [0.25, 0.3) is 0 Å². The first-order chi connectivity index (χ1) is 6.86. The Bertz CT molecular complexity index is 327. The summed E-state index contributed by atoms with van der Waals surface area (Å²) in [6, 6.07) is 2.08. The van der Waals surface area contributed by atoms with E-state index in [1.54, 1.807) is 18.4 Å². The summed E-state index contributed by atoms with van der Waals surface area (Å²) in [5, 5.41) is 10.3. The van der Waals surface area contributed by atoms with Crippen molar-refractivity contribution in [3.63, 3.8) is 0 Å². The summed E-state index contributed by atoms with van der Waals surface area (Å²) in [5.41, 5.74) is 1.25. The molecule has 15 heavy (non-hydrogen) atoms. The number of terminal acetylenes is 1. The van der Waals surface area contributed by atoms with E-state index in [4.69, 9.17) is 6.42 Å². The molecule has 1 heterocycles. The van der Waals surface area contributed by atoms with Gasteiger partial charge in [0.05, 0.1) is 6.54 Å². The molecule has 0 atom stereocenters. The number of guanidine groups is 1. The van der Waals surface area contributed by atoms with Crippen molar-refractivity contribution in [1.29, 1.82) is 0 Å². The van der Waals surface area contributed by atoms with Crippen LogP contribution in [0.3, 0.4) is 0 Å². The predicted octanol–water partition coefficient (Wildman–Crippen LogP) is 1.66. The minimum Gasteiger partial charge on any atom is -0.352 e. The van der Waals surface area contributed by atoms with Crippen molar-refractivity contribution in [3.8, 4) is 12.3 Å². The number of rotatable bonds is 3. The molecular formula is C10H14IN3S. The highest BCUT2D eigenvalue weighted by Gasteiger charge is 1.96. The largest absolute Gasteiger partial charge is 0.352 e. The maximum absolute atomic E-state index is 5.13. The molecular weight excluding hydrogens is 321 g/mol. The number of nitrogens with zero attached hydrogens (tertiary/aromatic N) is 1. The molecule has 0 unspecified atom stereocenters. The molecule has 1 aromatic rings. The Morgan fingerprint density at radius 1 is 1.60 bits per heavy atom. The highest BCUT2D eigenvalue weighted by Crippen LogP contribution is 2.04. The third-order valence-corrected chi connectivity index (χ3v) is 2.35. The fourth-order valence-corrected chi connectivity index (χ4v) is 1.60. The molecule has 0 aliphatic rings. The molecule has 1 aromatic heterocycles. The van der Waals surface area contributed by atoms with Crippen LogP contribution in [-0.4, -0.2) is 19.6 Å². The van der Waals surface area contributed by atoms with Crippen molar-refractivity contribution in [2.75, 3.05) is 13.6 Å². The van der Waals surface area contributed by atoms with Gasteiger partial charge < -0.3 is 10.6 Å². The summed E-state index contributed by atoms with van der Waals surface area (Å²) < 4.78 is 0. The fraction of sp³-hybridized carbons (Fsp3) is 0.300. The number of thiophene rings is 1. The Hall–Kier alpha value is -0.740. The highest BCUT2D eigenvalue weighted by atomic mass is 127. The standard InChI is InChI=1S/C10H13N3S.HI/c1-3-5-12-10(11-2)13-7-9-4-6-14-8-9;/h1,4,6,8H,5,7H2,2H3,(H2,11,12,13);1H. The molecule has 0 saturated carbocycles. The normalized spacial score (nSPS) is 10.0. The molecule has 0 spiro atoms. The number of aliphatic imine (C=N–C) groups is 1. The first kappa shape index (κ1) is 14.3. The van der Waals surface area contributed by atoms with Crippen LogP contribution in [0.2, 0.25) is 0 Å². The lowest BCUT2D eigenvalue weighted by atomic mass is 10.3.